The standard InChI is InChI=1S/C30H35F3N4O4S/c1-3-42(40,41)24-15-11-20(12-16-24)26(18-38)34-28(39)27-19(2)36(17-21-7-4-5-10-25(21)30(31,32)33)29(35-27)37-22-8-6-9-23(37)14-13-22/h4-5,7,10-12,15-16,22-23,26,38H,3,6,8-9,13-14,17-18H2,1-2H3,(H,34,39)/t22?,23?,26-/m0/s1. The Morgan fingerprint density at radius 3 is 2.31 bits per heavy atom. The fourth-order valence-corrected chi connectivity index (χ4v) is 7.09. The van der Waals surface area contributed by atoms with Crippen molar-refractivity contribution in [2.24, 2.45) is 0 Å². The lowest BCUT2D eigenvalue weighted by Gasteiger charge is -2.36. The Morgan fingerprint density at radius 1 is 1.07 bits per heavy atom. The SMILES string of the molecule is CCS(=O)(=O)c1ccc([C@H](CO)NC(=O)c2nc(N3C4CCCC3CC4)n(Cc3ccccc3C(F)(F)F)c2C)cc1. The molecule has 3 atom stereocenters. The number of rotatable bonds is 9. The minimum atomic E-state index is -4.53. The molecule has 2 aliphatic rings. The molecule has 2 aromatic carbocycles. The molecule has 3 aromatic rings. The number of anilines is 1. The monoisotopic (exact) mass is 604 g/mol. The van der Waals surface area contributed by atoms with Gasteiger partial charge in [0.1, 0.15) is 0 Å². The number of imidazole rings is 1. The highest BCUT2D eigenvalue weighted by molar-refractivity contribution is 7.91. The van der Waals surface area contributed by atoms with Crippen molar-refractivity contribution >= 4 is 21.7 Å². The molecule has 12 heteroatoms. The van der Waals surface area contributed by atoms with Crippen molar-refractivity contribution in [3.05, 3.63) is 76.6 Å². The molecule has 3 heterocycles. The molecule has 42 heavy (non-hydrogen) atoms. The van der Waals surface area contributed by atoms with E-state index in [2.05, 4.69) is 10.2 Å². The second-order valence-corrected chi connectivity index (χ2v) is 13.3. The van der Waals surface area contributed by atoms with E-state index in [9.17, 15) is 31.5 Å². The number of hydrogen-bond donors (Lipinski definition) is 2. The summed E-state index contributed by atoms with van der Waals surface area (Å²) < 4.78 is 67.7. The predicted octanol–water partition coefficient (Wildman–Crippen LogP) is 5.04. The van der Waals surface area contributed by atoms with Crippen LogP contribution in [0.1, 0.15) is 77.9 Å². The average Bonchev–Trinajstić information content (AvgIpc) is 3.41. The van der Waals surface area contributed by atoms with Crippen LogP contribution in [0.2, 0.25) is 0 Å². The second-order valence-electron chi connectivity index (χ2n) is 11.0. The summed E-state index contributed by atoms with van der Waals surface area (Å²) in [5.41, 5.74) is 0.351. The Labute approximate surface area is 243 Å². The summed E-state index contributed by atoms with van der Waals surface area (Å²) in [7, 11) is -3.41. The molecule has 0 radical (unpaired) electrons. The highest BCUT2D eigenvalue weighted by Crippen LogP contribution is 2.40. The summed E-state index contributed by atoms with van der Waals surface area (Å²) >= 11 is 0. The quantitative estimate of drug-likeness (QED) is 0.355. The fraction of sp³-hybridized carbons (Fsp3) is 0.467. The van der Waals surface area contributed by atoms with E-state index in [1.165, 1.54) is 24.3 Å². The van der Waals surface area contributed by atoms with E-state index in [4.69, 9.17) is 4.98 Å². The van der Waals surface area contributed by atoms with Gasteiger partial charge >= 0.3 is 6.18 Å². The number of amides is 1. The first-order chi connectivity index (χ1) is 19.9. The van der Waals surface area contributed by atoms with E-state index >= 15 is 0 Å². The lowest BCUT2D eigenvalue weighted by Crippen LogP contribution is -2.41. The number of alkyl halides is 3. The zero-order chi connectivity index (χ0) is 30.2. The van der Waals surface area contributed by atoms with Gasteiger partial charge < -0.3 is 19.9 Å². The maximum absolute atomic E-state index is 13.9. The number of fused-ring (bicyclic) bond motifs is 2. The summed E-state index contributed by atoms with van der Waals surface area (Å²) in [4.78, 5) is 20.7. The van der Waals surface area contributed by atoms with Gasteiger partial charge in [-0.25, -0.2) is 13.4 Å². The maximum atomic E-state index is 13.9. The Kier molecular flexibility index (Phi) is 8.39. The topological polar surface area (TPSA) is 105 Å². The first-order valence-electron chi connectivity index (χ1n) is 14.2. The molecule has 2 saturated heterocycles. The normalized spacial score (nSPS) is 19.6. The molecule has 0 aliphatic carbocycles. The molecule has 2 fully saturated rings. The lowest BCUT2D eigenvalue weighted by molar-refractivity contribution is -0.138. The molecule has 5 rings (SSSR count). The van der Waals surface area contributed by atoms with E-state index in [1.54, 1.807) is 36.6 Å². The molecule has 2 unspecified atom stereocenters. The summed E-state index contributed by atoms with van der Waals surface area (Å²) in [5.74, 6) is -0.148. The van der Waals surface area contributed by atoms with Crippen LogP contribution < -0.4 is 10.2 Å². The van der Waals surface area contributed by atoms with Crippen molar-refractivity contribution in [1.29, 1.82) is 0 Å². The third-order valence-electron chi connectivity index (χ3n) is 8.50. The summed E-state index contributed by atoms with van der Waals surface area (Å²) in [6.45, 7) is 2.66. The minimum Gasteiger partial charge on any atom is -0.394 e. The van der Waals surface area contributed by atoms with Gasteiger partial charge in [-0.3, -0.25) is 4.79 Å². The number of aliphatic hydroxyl groups excluding tert-OH is 1. The number of hydrogen-bond acceptors (Lipinski definition) is 6. The van der Waals surface area contributed by atoms with E-state index in [-0.39, 0.29) is 40.5 Å². The average molecular weight is 605 g/mol. The van der Waals surface area contributed by atoms with Crippen molar-refractivity contribution in [3.63, 3.8) is 0 Å². The van der Waals surface area contributed by atoms with Crippen molar-refractivity contribution in [2.75, 3.05) is 17.3 Å². The molecular formula is C30H35F3N4O4S. The second kappa shape index (κ2) is 11.7. The Bertz CT molecular complexity index is 1540. The third-order valence-corrected chi connectivity index (χ3v) is 10.3. The minimum absolute atomic E-state index is 0.0526. The predicted molar refractivity (Wildman–Crippen MR) is 152 cm³/mol. The number of benzene rings is 2. The van der Waals surface area contributed by atoms with Crippen LogP contribution in [0.4, 0.5) is 19.1 Å². The number of carbonyl (C=O) groups is 1. The summed E-state index contributed by atoms with van der Waals surface area (Å²) in [6, 6.07) is 11.0. The number of sulfone groups is 1. The van der Waals surface area contributed by atoms with Crippen LogP contribution in [0.5, 0.6) is 0 Å². The van der Waals surface area contributed by atoms with E-state index in [0.29, 0.717) is 17.2 Å². The zero-order valence-electron chi connectivity index (χ0n) is 23.6. The highest BCUT2D eigenvalue weighted by atomic mass is 32.2. The Balaban J connectivity index is 1.49. The van der Waals surface area contributed by atoms with Crippen LogP contribution in [0.25, 0.3) is 0 Å². The lowest BCUT2D eigenvalue weighted by atomic mass is 10.0. The number of carbonyl (C=O) groups excluding carboxylic acids is 1. The van der Waals surface area contributed by atoms with Crippen molar-refractivity contribution in [3.8, 4) is 0 Å². The molecular weight excluding hydrogens is 569 g/mol. The van der Waals surface area contributed by atoms with Crippen LogP contribution >= 0.6 is 0 Å². The first-order valence-corrected chi connectivity index (χ1v) is 15.8. The molecule has 1 aromatic heterocycles. The van der Waals surface area contributed by atoms with Gasteiger partial charge in [0, 0.05) is 17.8 Å². The van der Waals surface area contributed by atoms with Gasteiger partial charge in [0.2, 0.25) is 5.95 Å². The smallest absolute Gasteiger partial charge is 0.394 e. The van der Waals surface area contributed by atoms with Gasteiger partial charge in [-0.1, -0.05) is 37.3 Å². The van der Waals surface area contributed by atoms with Crippen LogP contribution in [0.15, 0.2) is 53.4 Å². The van der Waals surface area contributed by atoms with Crippen molar-refractivity contribution in [1.82, 2.24) is 14.9 Å². The molecule has 8 nitrogen and oxygen atoms in total. The number of halogens is 3. The summed E-state index contributed by atoms with van der Waals surface area (Å²) in [5, 5.41) is 12.9. The van der Waals surface area contributed by atoms with E-state index in [0.717, 1.165) is 38.2 Å². The first kappa shape index (κ1) is 30.1. The number of nitrogens with one attached hydrogen (secondary N) is 1. The van der Waals surface area contributed by atoms with Crippen LogP contribution in [0, 0.1) is 6.92 Å². The number of aromatic nitrogens is 2. The molecule has 0 saturated carbocycles. The zero-order valence-corrected chi connectivity index (χ0v) is 24.4. The van der Waals surface area contributed by atoms with Gasteiger partial charge in [-0.15, -0.1) is 0 Å². The number of aliphatic hydroxyl groups is 1. The van der Waals surface area contributed by atoms with Crippen LogP contribution in [0.3, 0.4) is 0 Å². The Hall–Kier alpha value is -3.38. The summed E-state index contributed by atoms with van der Waals surface area (Å²) in [6.07, 6.45) is 0.391. The van der Waals surface area contributed by atoms with E-state index < -0.39 is 40.1 Å². The van der Waals surface area contributed by atoms with Gasteiger partial charge in [0.05, 0.1) is 35.4 Å². The fourth-order valence-electron chi connectivity index (χ4n) is 6.20. The third kappa shape index (κ3) is 5.78. The molecule has 1 amide bonds. The number of nitrogens with zero attached hydrogens (tertiary/aromatic N) is 3. The van der Waals surface area contributed by atoms with Crippen molar-refractivity contribution in [2.45, 2.75) is 81.7 Å². The molecule has 0 spiro atoms. The number of piperidine rings is 1. The maximum Gasteiger partial charge on any atom is 0.416 e. The Morgan fingerprint density at radius 2 is 1.71 bits per heavy atom. The van der Waals surface area contributed by atoms with Gasteiger partial charge in [-0.05, 0) is 68.4 Å². The molecule has 226 valence electrons. The van der Waals surface area contributed by atoms with Crippen LogP contribution in [-0.2, 0) is 22.6 Å². The van der Waals surface area contributed by atoms with E-state index in [1.807, 2.05) is 0 Å². The molecule has 2 N–H and O–H groups in total. The molecule has 2 aliphatic heterocycles. The highest BCUT2D eigenvalue weighted by Gasteiger charge is 2.40. The van der Waals surface area contributed by atoms with Gasteiger partial charge in [0.25, 0.3) is 5.91 Å². The largest absolute Gasteiger partial charge is 0.416 e. The molecule has 2 bridgehead atoms. The van der Waals surface area contributed by atoms with Gasteiger partial charge in [-0.2, -0.15) is 13.2 Å². The van der Waals surface area contributed by atoms with Gasteiger partial charge in [0.15, 0.2) is 15.5 Å². The van der Waals surface area contributed by atoms with Crippen LogP contribution in [-0.4, -0.2) is 53.4 Å². The van der Waals surface area contributed by atoms with Crippen molar-refractivity contribution < 1.29 is 31.5 Å².